The van der Waals surface area contributed by atoms with E-state index in [1.165, 1.54) is 0 Å². The maximum Gasteiger partial charge on any atom is 0.253 e. The van der Waals surface area contributed by atoms with E-state index in [4.69, 9.17) is 4.84 Å². The van der Waals surface area contributed by atoms with Crippen molar-refractivity contribution in [2.75, 3.05) is 6.54 Å². The smallest absolute Gasteiger partial charge is 0.253 e. The third kappa shape index (κ3) is 3.33. The van der Waals surface area contributed by atoms with Crippen LogP contribution >= 0.6 is 0 Å². The Morgan fingerprint density at radius 3 is 2.91 bits per heavy atom. The maximum atomic E-state index is 12.5. The van der Waals surface area contributed by atoms with Crippen molar-refractivity contribution in [3.63, 3.8) is 0 Å². The SMILES string of the molecule is CCC1=NOC(CNC(=O)c2cc3cc(C)ccc3nc2C)C1. The van der Waals surface area contributed by atoms with Gasteiger partial charge in [-0.05, 0) is 38.5 Å². The molecule has 0 aliphatic carbocycles. The summed E-state index contributed by atoms with van der Waals surface area (Å²) in [5.41, 5.74) is 4.44. The minimum atomic E-state index is -0.119. The van der Waals surface area contributed by atoms with Crippen LogP contribution in [0.3, 0.4) is 0 Å². The summed E-state index contributed by atoms with van der Waals surface area (Å²) in [5.74, 6) is -0.119. The molecule has 1 aliphatic heterocycles. The number of pyridine rings is 1. The minimum absolute atomic E-state index is 0.0649. The number of rotatable bonds is 4. The summed E-state index contributed by atoms with van der Waals surface area (Å²) in [6.45, 7) is 6.40. The second-order valence-corrected chi connectivity index (χ2v) is 5.97. The van der Waals surface area contributed by atoms with Crippen molar-refractivity contribution in [3.8, 4) is 0 Å². The summed E-state index contributed by atoms with van der Waals surface area (Å²) in [6, 6.07) is 7.95. The molecule has 2 heterocycles. The first kappa shape index (κ1) is 15.5. The van der Waals surface area contributed by atoms with Gasteiger partial charge in [0.05, 0.1) is 29.0 Å². The number of benzene rings is 1. The highest BCUT2D eigenvalue weighted by atomic mass is 16.6. The second-order valence-electron chi connectivity index (χ2n) is 5.97. The quantitative estimate of drug-likeness (QED) is 0.943. The van der Waals surface area contributed by atoms with Gasteiger partial charge in [0.1, 0.15) is 6.10 Å². The number of nitrogens with one attached hydrogen (secondary N) is 1. The van der Waals surface area contributed by atoms with E-state index in [9.17, 15) is 4.79 Å². The minimum Gasteiger partial charge on any atom is -0.390 e. The summed E-state index contributed by atoms with van der Waals surface area (Å²) >= 11 is 0. The normalized spacial score (nSPS) is 17.0. The van der Waals surface area contributed by atoms with Crippen LogP contribution < -0.4 is 5.32 Å². The van der Waals surface area contributed by atoms with E-state index in [2.05, 4.69) is 22.4 Å². The third-order valence-electron chi connectivity index (χ3n) is 4.10. The summed E-state index contributed by atoms with van der Waals surface area (Å²) in [7, 11) is 0. The maximum absolute atomic E-state index is 12.5. The predicted molar refractivity (Wildman–Crippen MR) is 90.8 cm³/mol. The Balaban J connectivity index is 1.72. The van der Waals surface area contributed by atoms with Crippen LogP contribution in [0.25, 0.3) is 10.9 Å². The van der Waals surface area contributed by atoms with Crippen LogP contribution in [0.2, 0.25) is 0 Å². The van der Waals surface area contributed by atoms with Gasteiger partial charge in [-0.15, -0.1) is 0 Å². The van der Waals surface area contributed by atoms with Crippen LogP contribution in [-0.4, -0.2) is 29.3 Å². The Bertz CT molecular complexity index is 783. The highest BCUT2D eigenvalue weighted by Gasteiger charge is 2.21. The van der Waals surface area contributed by atoms with Crippen molar-refractivity contribution in [1.29, 1.82) is 0 Å². The molecule has 0 fully saturated rings. The Labute approximate surface area is 135 Å². The van der Waals surface area contributed by atoms with E-state index in [-0.39, 0.29) is 12.0 Å². The fourth-order valence-electron chi connectivity index (χ4n) is 2.73. The number of hydrogen-bond acceptors (Lipinski definition) is 4. The fraction of sp³-hybridized carbons (Fsp3) is 0.389. The molecule has 0 spiro atoms. The zero-order valence-corrected chi connectivity index (χ0v) is 13.7. The predicted octanol–water partition coefficient (Wildman–Crippen LogP) is 3.14. The van der Waals surface area contributed by atoms with Crippen LogP contribution in [-0.2, 0) is 4.84 Å². The van der Waals surface area contributed by atoms with Gasteiger partial charge in [-0.2, -0.15) is 0 Å². The number of nitrogens with zero attached hydrogens (tertiary/aromatic N) is 2. The highest BCUT2D eigenvalue weighted by Crippen LogP contribution is 2.18. The lowest BCUT2D eigenvalue weighted by atomic mass is 10.1. The molecule has 1 aromatic heterocycles. The summed E-state index contributed by atoms with van der Waals surface area (Å²) in [4.78, 5) is 22.3. The fourth-order valence-corrected chi connectivity index (χ4v) is 2.73. The van der Waals surface area contributed by atoms with Crippen LogP contribution in [0.15, 0.2) is 29.4 Å². The monoisotopic (exact) mass is 311 g/mol. The van der Waals surface area contributed by atoms with Crippen LogP contribution in [0, 0.1) is 13.8 Å². The first-order valence-corrected chi connectivity index (χ1v) is 7.94. The highest BCUT2D eigenvalue weighted by molar-refractivity contribution is 5.98. The van der Waals surface area contributed by atoms with E-state index in [0.717, 1.165) is 40.7 Å². The Hall–Kier alpha value is -2.43. The zero-order valence-electron chi connectivity index (χ0n) is 13.7. The van der Waals surface area contributed by atoms with E-state index < -0.39 is 0 Å². The Morgan fingerprint density at radius 1 is 1.35 bits per heavy atom. The molecule has 23 heavy (non-hydrogen) atoms. The van der Waals surface area contributed by atoms with Gasteiger partial charge in [0.2, 0.25) is 0 Å². The molecule has 5 nitrogen and oxygen atoms in total. The molecule has 1 N–H and O–H groups in total. The van der Waals surface area contributed by atoms with Crippen molar-refractivity contribution in [1.82, 2.24) is 10.3 Å². The number of oxime groups is 1. The van der Waals surface area contributed by atoms with Crippen molar-refractivity contribution in [2.45, 2.75) is 39.7 Å². The van der Waals surface area contributed by atoms with Gasteiger partial charge >= 0.3 is 0 Å². The first-order valence-electron chi connectivity index (χ1n) is 7.94. The standard InChI is InChI=1S/C18H21N3O2/c1-4-14-9-15(23-21-14)10-19-18(22)16-8-13-7-11(2)5-6-17(13)20-12(16)3/h5-8,15H,4,9-10H2,1-3H3,(H,19,22). The molecule has 3 rings (SSSR count). The van der Waals surface area contributed by atoms with E-state index >= 15 is 0 Å². The molecule has 1 aliphatic rings. The van der Waals surface area contributed by atoms with E-state index in [1.807, 2.05) is 38.1 Å². The molecule has 5 heteroatoms. The van der Waals surface area contributed by atoms with E-state index in [1.54, 1.807) is 0 Å². The number of aryl methyl sites for hydroxylation is 2. The molecule has 0 radical (unpaired) electrons. The average molecular weight is 311 g/mol. The molecular formula is C18H21N3O2. The average Bonchev–Trinajstić information content (AvgIpc) is 3.00. The van der Waals surface area contributed by atoms with Crippen LogP contribution in [0.4, 0.5) is 0 Å². The lowest BCUT2D eigenvalue weighted by molar-refractivity contribution is 0.0753. The number of amides is 1. The lowest BCUT2D eigenvalue weighted by Gasteiger charge is -2.12. The largest absolute Gasteiger partial charge is 0.390 e. The summed E-state index contributed by atoms with van der Waals surface area (Å²) < 4.78 is 0. The first-order chi connectivity index (χ1) is 11.1. The second kappa shape index (κ2) is 6.36. The van der Waals surface area contributed by atoms with E-state index in [0.29, 0.717) is 12.1 Å². The third-order valence-corrected chi connectivity index (χ3v) is 4.10. The summed E-state index contributed by atoms with van der Waals surface area (Å²) in [5, 5.41) is 7.92. The summed E-state index contributed by atoms with van der Waals surface area (Å²) in [6.07, 6.45) is 1.60. The molecule has 0 saturated carbocycles. The van der Waals surface area contributed by atoms with Crippen molar-refractivity contribution < 1.29 is 9.63 Å². The molecule has 1 atom stereocenters. The lowest BCUT2D eigenvalue weighted by Crippen LogP contribution is -2.32. The molecule has 0 saturated heterocycles. The zero-order chi connectivity index (χ0) is 16.4. The molecule has 1 amide bonds. The molecular weight excluding hydrogens is 290 g/mol. The molecule has 0 bridgehead atoms. The number of aromatic nitrogens is 1. The number of fused-ring (bicyclic) bond motifs is 1. The van der Waals surface area contributed by atoms with Crippen molar-refractivity contribution >= 4 is 22.5 Å². The van der Waals surface area contributed by atoms with Crippen molar-refractivity contribution in [3.05, 3.63) is 41.1 Å². The Kier molecular flexibility index (Phi) is 4.28. The molecule has 1 aromatic carbocycles. The van der Waals surface area contributed by atoms with Gasteiger partial charge in [-0.3, -0.25) is 9.78 Å². The van der Waals surface area contributed by atoms with Gasteiger partial charge in [0.15, 0.2) is 0 Å². The van der Waals surface area contributed by atoms with Crippen LogP contribution in [0.5, 0.6) is 0 Å². The molecule has 2 aromatic rings. The number of carbonyl (C=O) groups is 1. The number of hydrogen-bond donors (Lipinski definition) is 1. The van der Waals surface area contributed by atoms with Gasteiger partial charge in [-0.25, -0.2) is 0 Å². The van der Waals surface area contributed by atoms with Gasteiger partial charge < -0.3 is 10.2 Å². The van der Waals surface area contributed by atoms with Gasteiger partial charge in [0, 0.05) is 11.8 Å². The van der Waals surface area contributed by atoms with Crippen LogP contribution in [0.1, 0.15) is 41.4 Å². The van der Waals surface area contributed by atoms with Gasteiger partial charge in [-0.1, -0.05) is 23.7 Å². The molecule has 120 valence electrons. The molecule has 1 unspecified atom stereocenters. The van der Waals surface area contributed by atoms with Gasteiger partial charge in [0.25, 0.3) is 5.91 Å². The topological polar surface area (TPSA) is 63.6 Å². The number of carbonyl (C=O) groups excluding carboxylic acids is 1. The van der Waals surface area contributed by atoms with Crippen molar-refractivity contribution in [2.24, 2.45) is 5.16 Å². The Morgan fingerprint density at radius 2 is 2.17 bits per heavy atom.